The lowest BCUT2D eigenvalue weighted by atomic mass is 10.1. The zero-order valence-electron chi connectivity index (χ0n) is 15.2. The Balaban J connectivity index is 1.70. The van der Waals surface area contributed by atoms with Crippen LogP contribution >= 0.6 is 27.3 Å². The lowest BCUT2D eigenvalue weighted by Crippen LogP contribution is -2.18. The average Bonchev–Trinajstić information content (AvgIpc) is 3.06. The van der Waals surface area contributed by atoms with Gasteiger partial charge in [0.2, 0.25) is 0 Å². The van der Waals surface area contributed by atoms with Gasteiger partial charge in [-0.25, -0.2) is 14.8 Å². The highest BCUT2D eigenvalue weighted by Crippen LogP contribution is 2.40. The molecular weight excluding hydrogens is 442 g/mol. The van der Waals surface area contributed by atoms with Crippen LogP contribution in [-0.4, -0.2) is 29.2 Å². The Morgan fingerprint density at radius 2 is 2.04 bits per heavy atom. The maximum atomic E-state index is 11.2. The number of hydrogen-bond acceptors (Lipinski definition) is 6. The molecular formula is C19H20BrN5O2S. The quantitative estimate of drug-likeness (QED) is 0.457. The average molecular weight is 462 g/mol. The summed E-state index contributed by atoms with van der Waals surface area (Å²) in [6.07, 6.45) is 2.39. The van der Waals surface area contributed by atoms with Gasteiger partial charge in [-0.05, 0) is 31.0 Å². The molecule has 0 radical (unpaired) electrons. The number of carbonyl (C=O) groups is 1. The number of rotatable bonds is 8. The van der Waals surface area contributed by atoms with Crippen LogP contribution in [-0.2, 0) is 6.42 Å². The molecule has 0 spiro atoms. The van der Waals surface area contributed by atoms with Crippen molar-refractivity contribution in [3.8, 4) is 16.3 Å². The summed E-state index contributed by atoms with van der Waals surface area (Å²) in [5.74, 6) is 1.31. The van der Waals surface area contributed by atoms with Crippen LogP contribution < -0.4 is 21.1 Å². The monoisotopic (exact) mass is 461 g/mol. The molecule has 0 aliphatic heterocycles. The predicted octanol–water partition coefficient (Wildman–Crippen LogP) is 4.51. The highest BCUT2D eigenvalue weighted by atomic mass is 79.9. The van der Waals surface area contributed by atoms with E-state index in [0.29, 0.717) is 17.4 Å². The third kappa shape index (κ3) is 5.43. The van der Waals surface area contributed by atoms with Crippen LogP contribution in [0.4, 0.5) is 15.6 Å². The molecule has 4 N–H and O–H groups in total. The van der Waals surface area contributed by atoms with Crippen LogP contribution in [0.25, 0.3) is 10.6 Å². The Hall–Kier alpha value is -2.65. The number of urea groups is 1. The molecule has 0 atom stereocenters. The first-order chi connectivity index (χ1) is 13.5. The summed E-state index contributed by atoms with van der Waals surface area (Å²) in [5.41, 5.74) is 7.22. The molecule has 3 aromatic rings. The SMILES string of the molecule is CCOc1cc(-c2cc(NCCc3ccc(Br)cc3)ncn2)sc1NC(N)=O. The van der Waals surface area contributed by atoms with Crippen LogP contribution in [0.1, 0.15) is 12.5 Å². The number of anilines is 2. The van der Waals surface area contributed by atoms with Crippen LogP contribution in [0.5, 0.6) is 5.75 Å². The lowest BCUT2D eigenvalue weighted by Gasteiger charge is -2.06. The van der Waals surface area contributed by atoms with E-state index < -0.39 is 6.03 Å². The number of hydrogen-bond donors (Lipinski definition) is 3. The topological polar surface area (TPSA) is 102 Å². The van der Waals surface area contributed by atoms with Gasteiger partial charge in [0.1, 0.15) is 17.1 Å². The molecule has 0 aliphatic rings. The highest BCUT2D eigenvalue weighted by Gasteiger charge is 2.14. The van der Waals surface area contributed by atoms with E-state index in [1.165, 1.54) is 23.2 Å². The molecule has 146 valence electrons. The third-order valence-corrected chi connectivity index (χ3v) is 5.37. The largest absolute Gasteiger partial charge is 0.491 e. The molecule has 2 heterocycles. The maximum absolute atomic E-state index is 11.2. The van der Waals surface area contributed by atoms with E-state index >= 15 is 0 Å². The Bertz CT molecular complexity index is 946. The second kappa shape index (κ2) is 9.52. The van der Waals surface area contributed by atoms with E-state index in [4.69, 9.17) is 10.5 Å². The molecule has 2 aromatic heterocycles. The minimum Gasteiger partial charge on any atom is -0.491 e. The van der Waals surface area contributed by atoms with Crippen LogP contribution in [0.15, 0.2) is 47.2 Å². The predicted molar refractivity (Wildman–Crippen MR) is 116 cm³/mol. The minimum atomic E-state index is -0.632. The normalized spacial score (nSPS) is 10.5. The molecule has 0 aliphatic carbocycles. The summed E-state index contributed by atoms with van der Waals surface area (Å²) in [7, 11) is 0. The number of carbonyl (C=O) groups excluding carboxylic acids is 1. The fourth-order valence-electron chi connectivity index (χ4n) is 2.54. The van der Waals surface area contributed by atoms with Crippen molar-refractivity contribution in [3.05, 3.63) is 52.8 Å². The van der Waals surface area contributed by atoms with Crippen LogP contribution in [0.2, 0.25) is 0 Å². The summed E-state index contributed by atoms with van der Waals surface area (Å²) in [4.78, 5) is 20.7. The Morgan fingerprint density at radius 3 is 2.75 bits per heavy atom. The smallest absolute Gasteiger partial charge is 0.317 e. The summed E-state index contributed by atoms with van der Waals surface area (Å²) in [5, 5.41) is 6.47. The highest BCUT2D eigenvalue weighted by molar-refractivity contribution is 9.10. The molecule has 0 saturated carbocycles. The molecule has 9 heteroatoms. The number of thiophene rings is 1. The van der Waals surface area contributed by atoms with Gasteiger partial charge in [-0.1, -0.05) is 28.1 Å². The first kappa shape index (κ1) is 20.1. The van der Waals surface area contributed by atoms with Crippen molar-refractivity contribution in [2.75, 3.05) is 23.8 Å². The fraction of sp³-hybridized carbons (Fsp3) is 0.211. The number of amides is 2. The second-order valence-corrected chi connectivity index (χ2v) is 7.79. The van der Waals surface area contributed by atoms with Gasteiger partial charge >= 0.3 is 6.03 Å². The van der Waals surface area contributed by atoms with Crippen molar-refractivity contribution in [3.63, 3.8) is 0 Å². The van der Waals surface area contributed by atoms with Gasteiger partial charge in [0.15, 0.2) is 5.75 Å². The standard InChI is InChI=1S/C19H20BrN5O2S/c1-2-27-15-10-16(28-18(15)25-19(21)26)14-9-17(24-11-23-14)22-8-7-12-3-5-13(20)6-4-12/h3-6,9-11H,2,7-8H2,1H3,(H3,21,25,26)(H,22,23,24). The van der Waals surface area contributed by atoms with Crippen molar-refractivity contribution in [2.45, 2.75) is 13.3 Å². The van der Waals surface area contributed by atoms with Crippen molar-refractivity contribution in [1.29, 1.82) is 0 Å². The second-order valence-electron chi connectivity index (χ2n) is 5.82. The number of nitrogens with two attached hydrogens (primary N) is 1. The van der Waals surface area contributed by atoms with Gasteiger partial charge < -0.3 is 15.8 Å². The van der Waals surface area contributed by atoms with E-state index in [2.05, 4.69) is 48.7 Å². The van der Waals surface area contributed by atoms with Gasteiger partial charge in [0, 0.05) is 23.2 Å². The molecule has 0 unspecified atom stereocenters. The number of halogens is 1. The number of nitrogens with zero attached hydrogens (tertiary/aromatic N) is 2. The number of benzene rings is 1. The molecule has 0 saturated heterocycles. The van der Waals surface area contributed by atoms with E-state index in [9.17, 15) is 4.79 Å². The third-order valence-electron chi connectivity index (χ3n) is 3.79. The molecule has 1 aromatic carbocycles. The van der Waals surface area contributed by atoms with Gasteiger partial charge in [-0.3, -0.25) is 5.32 Å². The zero-order valence-corrected chi connectivity index (χ0v) is 17.6. The molecule has 3 rings (SSSR count). The maximum Gasteiger partial charge on any atom is 0.317 e. The van der Waals surface area contributed by atoms with Gasteiger partial charge in [-0.15, -0.1) is 11.3 Å². The summed E-state index contributed by atoms with van der Waals surface area (Å²) in [6.45, 7) is 3.11. The molecule has 28 heavy (non-hydrogen) atoms. The van der Waals surface area contributed by atoms with Crippen molar-refractivity contribution in [2.24, 2.45) is 5.73 Å². The lowest BCUT2D eigenvalue weighted by molar-refractivity contribution is 0.259. The van der Waals surface area contributed by atoms with E-state index in [1.54, 1.807) is 0 Å². The van der Waals surface area contributed by atoms with Gasteiger partial charge in [0.25, 0.3) is 0 Å². The van der Waals surface area contributed by atoms with Crippen molar-refractivity contribution in [1.82, 2.24) is 9.97 Å². The first-order valence-electron chi connectivity index (χ1n) is 8.69. The molecule has 0 bridgehead atoms. The van der Waals surface area contributed by atoms with Crippen LogP contribution in [0, 0.1) is 0 Å². The van der Waals surface area contributed by atoms with Crippen LogP contribution in [0.3, 0.4) is 0 Å². The molecule has 2 amide bonds. The summed E-state index contributed by atoms with van der Waals surface area (Å²) in [6, 6.07) is 11.3. The Labute approximate surface area is 175 Å². The fourth-order valence-corrected chi connectivity index (χ4v) is 3.77. The number of primary amides is 1. The first-order valence-corrected chi connectivity index (χ1v) is 10.3. The van der Waals surface area contributed by atoms with Crippen molar-refractivity contribution < 1.29 is 9.53 Å². The van der Waals surface area contributed by atoms with Gasteiger partial charge in [-0.2, -0.15) is 0 Å². The number of aromatic nitrogens is 2. The minimum absolute atomic E-state index is 0.482. The summed E-state index contributed by atoms with van der Waals surface area (Å²) >= 11 is 4.79. The molecule has 0 fully saturated rings. The Morgan fingerprint density at radius 1 is 1.25 bits per heavy atom. The van der Waals surface area contributed by atoms with Gasteiger partial charge in [0.05, 0.1) is 17.2 Å². The Kier molecular flexibility index (Phi) is 6.83. The van der Waals surface area contributed by atoms with E-state index in [-0.39, 0.29) is 0 Å². The van der Waals surface area contributed by atoms with E-state index in [0.717, 1.165) is 33.8 Å². The molecule has 7 nitrogen and oxygen atoms in total. The van der Waals surface area contributed by atoms with E-state index in [1.807, 2.05) is 31.2 Å². The summed E-state index contributed by atoms with van der Waals surface area (Å²) < 4.78 is 6.64. The van der Waals surface area contributed by atoms with Crippen molar-refractivity contribution >= 4 is 44.1 Å². The number of ether oxygens (including phenoxy) is 1. The number of nitrogens with one attached hydrogen (secondary N) is 2. The zero-order chi connectivity index (χ0) is 19.9.